The molecule has 1 saturated carbocycles. The summed E-state index contributed by atoms with van der Waals surface area (Å²) in [7, 11) is 0. The van der Waals surface area contributed by atoms with Crippen LogP contribution in [0.5, 0.6) is 0 Å². The Kier molecular flexibility index (Phi) is 3.99. The molecule has 0 unspecified atom stereocenters. The van der Waals surface area contributed by atoms with Gasteiger partial charge in [-0.1, -0.05) is 30.8 Å². The first-order valence-corrected chi connectivity index (χ1v) is 6.48. The highest BCUT2D eigenvalue weighted by molar-refractivity contribution is 5.25. The third-order valence-electron chi connectivity index (χ3n) is 3.64. The topological polar surface area (TPSA) is 52.0 Å². The molecule has 1 aliphatic rings. The summed E-state index contributed by atoms with van der Waals surface area (Å²) >= 11 is 0. The molecule has 0 aromatic carbocycles. The fourth-order valence-electron chi connectivity index (χ4n) is 2.72. The van der Waals surface area contributed by atoms with E-state index in [1.54, 1.807) is 0 Å². The van der Waals surface area contributed by atoms with Crippen LogP contribution in [0.15, 0.2) is 4.52 Å². The Morgan fingerprint density at radius 2 is 1.94 bits per heavy atom. The van der Waals surface area contributed by atoms with E-state index in [0.29, 0.717) is 12.5 Å². The average Bonchev–Trinajstić information content (AvgIpc) is 2.55. The Hall–Kier alpha value is -0.830. The van der Waals surface area contributed by atoms with E-state index in [1.807, 2.05) is 6.92 Å². The van der Waals surface area contributed by atoms with E-state index in [1.165, 1.54) is 44.1 Å². The molecule has 1 fully saturated rings. The number of hydrogen-bond acceptors (Lipinski definition) is 3. The summed E-state index contributed by atoms with van der Waals surface area (Å²) in [5.41, 5.74) is 7.95. The van der Waals surface area contributed by atoms with Crippen LogP contribution in [0.2, 0.25) is 0 Å². The molecule has 3 heteroatoms. The van der Waals surface area contributed by atoms with Gasteiger partial charge in [-0.05, 0) is 32.7 Å². The van der Waals surface area contributed by atoms with Crippen LogP contribution in [-0.2, 0) is 6.42 Å². The Balaban J connectivity index is 2.17. The molecule has 2 rings (SSSR count). The summed E-state index contributed by atoms with van der Waals surface area (Å²) in [4.78, 5) is 0. The maximum absolute atomic E-state index is 5.65. The zero-order valence-electron chi connectivity index (χ0n) is 10.2. The molecule has 0 atom stereocenters. The molecule has 1 aromatic rings. The van der Waals surface area contributed by atoms with Crippen molar-refractivity contribution in [2.24, 2.45) is 5.73 Å². The molecule has 90 valence electrons. The van der Waals surface area contributed by atoms with E-state index in [2.05, 4.69) is 5.16 Å². The second kappa shape index (κ2) is 5.48. The molecule has 0 saturated heterocycles. The zero-order chi connectivity index (χ0) is 11.4. The summed E-state index contributed by atoms with van der Waals surface area (Å²) in [6.07, 6.45) is 8.81. The van der Waals surface area contributed by atoms with Crippen LogP contribution in [0.1, 0.15) is 61.5 Å². The van der Waals surface area contributed by atoms with E-state index >= 15 is 0 Å². The lowest BCUT2D eigenvalue weighted by Gasteiger charge is -2.12. The maximum atomic E-state index is 5.65. The second-order valence-electron chi connectivity index (χ2n) is 4.84. The quantitative estimate of drug-likeness (QED) is 0.800. The molecule has 0 bridgehead atoms. The molecular formula is C13H22N2O. The normalized spacial score (nSPS) is 18.6. The van der Waals surface area contributed by atoms with Crippen LogP contribution in [0.3, 0.4) is 0 Å². The van der Waals surface area contributed by atoms with Crippen LogP contribution in [0.4, 0.5) is 0 Å². The van der Waals surface area contributed by atoms with Crippen molar-refractivity contribution >= 4 is 0 Å². The van der Waals surface area contributed by atoms with Crippen molar-refractivity contribution in [2.75, 3.05) is 6.54 Å². The van der Waals surface area contributed by atoms with Crippen molar-refractivity contribution in [1.29, 1.82) is 0 Å². The SMILES string of the molecule is Cc1noc(C2CCCCCC2)c1CCN. The summed E-state index contributed by atoms with van der Waals surface area (Å²) < 4.78 is 5.54. The fraction of sp³-hybridized carbons (Fsp3) is 0.769. The third-order valence-corrected chi connectivity index (χ3v) is 3.64. The van der Waals surface area contributed by atoms with Gasteiger partial charge in [0.25, 0.3) is 0 Å². The largest absolute Gasteiger partial charge is 0.361 e. The highest BCUT2D eigenvalue weighted by Gasteiger charge is 2.22. The van der Waals surface area contributed by atoms with Crippen molar-refractivity contribution in [1.82, 2.24) is 5.16 Å². The Labute approximate surface area is 97.4 Å². The highest BCUT2D eigenvalue weighted by atomic mass is 16.5. The standard InChI is InChI=1S/C13H22N2O/c1-10-12(8-9-14)13(16-15-10)11-6-4-2-3-5-7-11/h11H,2-9,14H2,1H3. The van der Waals surface area contributed by atoms with E-state index < -0.39 is 0 Å². The molecule has 0 aliphatic heterocycles. The number of hydrogen-bond donors (Lipinski definition) is 1. The van der Waals surface area contributed by atoms with Gasteiger partial charge in [-0.2, -0.15) is 0 Å². The van der Waals surface area contributed by atoms with Crippen molar-refractivity contribution < 1.29 is 4.52 Å². The monoisotopic (exact) mass is 222 g/mol. The summed E-state index contributed by atoms with van der Waals surface area (Å²) in [5, 5.41) is 4.11. The third kappa shape index (κ3) is 2.46. The Morgan fingerprint density at radius 1 is 1.25 bits per heavy atom. The second-order valence-corrected chi connectivity index (χ2v) is 4.84. The lowest BCUT2D eigenvalue weighted by atomic mass is 9.93. The van der Waals surface area contributed by atoms with Gasteiger partial charge in [0.05, 0.1) is 5.69 Å². The van der Waals surface area contributed by atoms with Crippen LogP contribution >= 0.6 is 0 Å². The molecule has 2 N–H and O–H groups in total. The van der Waals surface area contributed by atoms with Gasteiger partial charge in [-0.15, -0.1) is 0 Å². The number of nitrogens with zero attached hydrogens (tertiary/aromatic N) is 1. The predicted octanol–water partition coefficient (Wildman–Crippen LogP) is 2.92. The first-order valence-electron chi connectivity index (χ1n) is 6.48. The number of aromatic nitrogens is 1. The van der Waals surface area contributed by atoms with Crippen LogP contribution < -0.4 is 5.73 Å². The Morgan fingerprint density at radius 3 is 2.56 bits per heavy atom. The van der Waals surface area contributed by atoms with Crippen LogP contribution in [0.25, 0.3) is 0 Å². The van der Waals surface area contributed by atoms with Gasteiger partial charge in [0.15, 0.2) is 0 Å². The van der Waals surface area contributed by atoms with Gasteiger partial charge in [-0.25, -0.2) is 0 Å². The minimum Gasteiger partial charge on any atom is -0.361 e. The van der Waals surface area contributed by atoms with Crippen molar-refractivity contribution in [3.63, 3.8) is 0 Å². The van der Waals surface area contributed by atoms with Gasteiger partial charge in [0.1, 0.15) is 5.76 Å². The molecule has 0 spiro atoms. The first kappa shape index (κ1) is 11.6. The van der Waals surface area contributed by atoms with Crippen molar-refractivity contribution in [3.05, 3.63) is 17.0 Å². The maximum Gasteiger partial charge on any atom is 0.143 e. The van der Waals surface area contributed by atoms with E-state index in [-0.39, 0.29) is 0 Å². The molecule has 1 heterocycles. The first-order chi connectivity index (χ1) is 7.83. The molecule has 16 heavy (non-hydrogen) atoms. The Bertz CT molecular complexity index is 325. The molecule has 0 amide bonds. The molecular weight excluding hydrogens is 200 g/mol. The van der Waals surface area contributed by atoms with E-state index in [9.17, 15) is 0 Å². The fourth-order valence-corrected chi connectivity index (χ4v) is 2.72. The summed E-state index contributed by atoms with van der Waals surface area (Å²) in [6.45, 7) is 2.70. The summed E-state index contributed by atoms with van der Waals surface area (Å²) in [6, 6.07) is 0. The number of rotatable bonds is 3. The van der Waals surface area contributed by atoms with Gasteiger partial charge in [0.2, 0.25) is 0 Å². The minimum absolute atomic E-state index is 0.588. The van der Waals surface area contributed by atoms with E-state index in [4.69, 9.17) is 10.3 Å². The zero-order valence-corrected chi connectivity index (χ0v) is 10.2. The van der Waals surface area contributed by atoms with Crippen molar-refractivity contribution in [3.8, 4) is 0 Å². The summed E-state index contributed by atoms with van der Waals surface area (Å²) in [5.74, 6) is 1.72. The average molecular weight is 222 g/mol. The lowest BCUT2D eigenvalue weighted by Crippen LogP contribution is -2.07. The molecule has 1 aliphatic carbocycles. The van der Waals surface area contributed by atoms with Gasteiger partial charge in [-0.3, -0.25) is 0 Å². The number of aryl methyl sites for hydroxylation is 1. The van der Waals surface area contributed by atoms with Gasteiger partial charge in [0, 0.05) is 11.5 Å². The molecule has 1 aromatic heterocycles. The van der Waals surface area contributed by atoms with Gasteiger partial charge < -0.3 is 10.3 Å². The molecule has 0 radical (unpaired) electrons. The lowest BCUT2D eigenvalue weighted by molar-refractivity contribution is 0.343. The highest BCUT2D eigenvalue weighted by Crippen LogP contribution is 2.34. The predicted molar refractivity (Wildman–Crippen MR) is 64.4 cm³/mol. The van der Waals surface area contributed by atoms with Gasteiger partial charge >= 0.3 is 0 Å². The molecule has 3 nitrogen and oxygen atoms in total. The smallest absolute Gasteiger partial charge is 0.143 e. The van der Waals surface area contributed by atoms with Crippen molar-refractivity contribution in [2.45, 2.75) is 57.8 Å². The van der Waals surface area contributed by atoms with Crippen LogP contribution in [-0.4, -0.2) is 11.7 Å². The number of nitrogens with two attached hydrogens (primary N) is 1. The van der Waals surface area contributed by atoms with Crippen LogP contribution in [0, 0.1) is 6.92 Å². The minimum atomic E-state index is 0.588. The van der Waals surface area contributed by atoms with E-state index in [0.717, 1.165) is 17.9 Å².